The zero-order chi connectivity index (χ0) is 25.6. The van der Waals surface area contributed by atoms with Gasteiger partial charge < -0.3 is 14.2 Å². The summed E-state index contributed by atoms with van der Waals surface area (Å²) in [6.45, 7) is 3.84. The van der Waals surface area contributed by atoms with E-state index in [0.29, 0.717) is 19.8 Å². The van der Waals surface area contributed by atoms with Crippen LogP contribution < -0.4 is 14.2 Å². The Balaban J connectivity index is 1.93. The Morgan fingerprint density at radius 2 is 1.80 bits per heavy atom. The third-order valence-corrected chi connectivity index (χ3v) is 6.90. The molecule has 0 saturated carbocycles. The highest BCUT2D eigenvalue weighted by molar-refractivity contribution is 14.1. The molecule has 0 atom stereocenters. The summed E-state index contributed by atoms with van der Waals surface area (Å²) in [5, 5.41) is 12.7. The molecule has 0 fully saturated rings. The Bertz CT molecular complexity index is 1410. The standard InChI is InChI=1S/C25H20ClIN2O5S/c1-3-33-23-14-17(12-18(15-28)25(30)29-20-8-6-19(26)7-9-20)13-22(27)24(23)34-35(31,32)21-10-4-16(2)5-11-21/h4-14H,3H2,1-2H3,(H,29,30)/b18-12+. The van der Waals surface area contributed by atoms with Crippen LogP contribution in [0.3, 0.4) is 0 Å². The molecular formula is C25H20ClIN2O5S. The van der Waals surface area contributed by atoms with Gasteiger partial charge in [0, 0.05) is 10.7 Å². The summed E-state index contributed by atoms with van der Waals surface area (Å²) < 4.78 is 37.1. The second-order valence-corrected chi connectivity index (χ2v) is 10.4. The van der Waals surface area contributed by atoms with Crippen LogP contribution in [-0.2, 0) is 14.9 Å². The Morgan fingerprint density at radius 1 is 1.14 bits per heavy atom. The number of nitrogens with zero attached hydrogens (tertiary/aromatic N) is 1. The van der Waals surface area contributed by atoms with Gasteiger partial charge in [0.1, 0.15) is 16.5 Å². The molecule has 1 amide bonds. The highest BCUT2D eigenvalue weighted by Crippen LogP contribution is 2.37. The molecule has 180 valence electrons. The van der Waals surface area contributed by atoms with Crippen molar-refractivity contribution in [2.24, 2.45) is 0 Å². The molecular weight excluding hydrogens is 603 g/mol. The number of hydrogen-bond acceptors (Lipinski definition) is 6. The molecule has 35 heavy (non-hydrogen) atoms. The summed E-state index contributed by atoms with van der Waals surface area (Å²) in [6, 6.07) is 17.7. The van der Waals surface area contributed by atoms with Crippen LogP contribution in [0, 0.1) is 21.8 Å². The van der Waals surface area contributed by atoms with Crippen molar-refractivity contribution in [3.8, 4) is 17.6 Å². The Labute approximate surface area is 222 Å². The van der Waals surface area contributed by atoms with Gasteiger partial charge in [-0.1, -0.05) is 29.3 Å². The molecule has 0 spiro atoms. The zero-order valence-corrected chi connectivity index (χ0v) is 22.4. The maximum atomic E-state index is 12.8. The molecule has 0 unspecified atom stereocenters. The Kier molecular flexibility index (Phi) is 8.77. The van der Waals surface area contributed by atoms with Gasteiger partial charge >= 0.3 is 10.1 Å². The molecule has 0 aliphatic rings. The van der Waals surface area contributed by atoms with Gasteiger partial charge in [-0.2, -0.15) is 13.7 Å². The summed E-state index contributed by atoms with van der Waals surface area (Å²) in [5.74, 6) is -0.420. The smallest absolute Gasteiger partial charge is 0.339 e. The topological polar surface area (TPSA) is 105 Å². The van der Waals surface area contributed by atoms with E-state index in [2.05, 4.69) is 5.32 Å². The number of anilines is 1. The van der Waals surface area contributed by atoms with Gasteiger partial charge in [0.05, 0.1) is 10.2 Å². The number of ether oxygens (including phenoxy) is 1. The van der Waals surface area contributed by atoms with Crippen molar-refractivity contribution < 1.29 is 22.1 Å². The Morgan fingerprint density at radius 3 is 2.40 bits per heavy atom. The minimum Gasteiger partial charge on any atom is -0.490 e. The molecule has 3 aromatic carbocycles. The number of rotatable bonds is 8. The molecule has 10 heteroatoms. The van der Waals surface area contributed by atoms with E-state index in [1.165, 1.54) is 24.3 Å². The lowest BCUT2D eigenvalue weighted by molar-refractivity contribution is -0.112. The van der Waals surface area contributed by atoms with Crippen molar-refractivity contribution >= 4 is 62.0 Å². The summed E-state index contributed by atoms with van der Waals surface area (Å²) >= 11 is 7.78. The number of aryl methyl sites for hydroxylation is 1. The van der Waals surface area contributed by atoms with Gasteiger partial charge in [0.2, 0.25) is 0 Å². The molecule has 3 aromatic rings. The van der Waals surface area contributed by atoms with Crippen LogP contribution in [-0.4, -0.2) is 20.9 Å². The normalized spacial score (nSPS) is 11.5. The van der Waals surface area contributed by atoms with Crippen LogP contribution in [0.5, 0.6) is 11.5 Å². The molecule has 0 aliphatic carbocycles. The van der Waals surface area contributed by atoms with Crippen LogP contribution in [0.25, 0.3) is 6.08 Å². The first-order valence-corrected chi connectivity index (χ1v) is 13.2. The van der Waals surface area contributed by atoms with Gasteiger partial charge in [-0.15, -0.1) is 0 Å². The number of nitrogens with one attached hydrogen (secondary N) is 1. The van der Waals surface area contributed by atoms with Crippen LogP contribution in [0.15, 0.2) is 71.1 Å². The van der Waals surface area contributed by atoms with Crippen molar-refractivity contribution in [1.82, 2.24) is 0 Å². The lowest BCUT2D eigenvalue weighted by Crippen LogP contribution is -2.13. The molecule has 0 aromatic heterocycles. The van der Waals surface area contributed by atoms with E-state index in [-0.39, 0.29) is 28.6 Å². The van der Waals surface area contributed by atoms with E-state index in [1.54, 1.807) is 49.4 Å². The summed E-state index contributed by atoms with van der Waals surface area (Å²) in [4.78, 5) is 12.6. The first-order valence-electron chi connectivity index (χ1n) is 10.3. The molecule has 1 N–H and O–H groups in total. The molecule has 0 saturated heterocycles. The second kappa shape index (κ2) is 11.6. The third-order valence-electron chi connectivity index (χ3n) is 4.61. The number of amides is 1. The fourth-order valence-electron chi connectivity index (χ4n) is 2.92. The largest absolute Gasteiger partial charge is 0.490 e. The fourth-order valence-corrected chi connectivity index (χ4v) is 4.89. The lowest BCUT2D eigenvalue weighted by Gasteiger charge is -2.15. The first-order chi connectivity index (χ1) is 16.6. The highest BCUT2D eigenvalue weighted by Gasteiger charge is 2.22. The van der Waals surface area contributed by atoms with Crippen LogP contribution >= 0.6 is 34.2 Å². The van der Waals surface area contributed by atoms with Crippen LogP contribution in [0.2, 0.25) is 5.02 Å². The maximum absolute atomic E-state index is 12.8. The first kappa shape index (κ1) is 26.5. The van der Waals surface area contributed by atoms with Crippen molar-refractivity contribution in [3.05, 3.63) is 86.0 Å². The SMILES string of the molecule is CCOc1cc(/C=C(\C#N)C(=O)Nc2ccc(Cl)cc2)cc(I)c1OS(=O)(=O)c1ccc(C)cc1. The van der Waals surface area contributed by atoms with Gasteiger partial charge in [-0.05, 0) is 96.6 Å². The number of halogens is 2. The number of carbonyl (C=O) groups excluding carboxylic acids is 1. The second-order valence-electron chi connectivity index (χ2n) is 7.24. The molecule has 7 nitrogen and oxygen atoms in total. The van der Waals surface area contributed by atoms with Crippen molar-refractivity contribution in [1.29, 1.82) is 5.26 Å². The monoisotopic (exact) mass is 622 g/mol. The van der Waals surface area contributed by atoms with Crippen LogP contribution in [0.1, 0.15) is 18.1 Å². The zero-order valence-electron chi connectivity index (χ0n) is 18.7. The molecule has 0 heterocycles. The Hall–Kier alpha value is -3.07. The predicted molar refractivity (Wildman–Crippen MR) is 143 cm³/mol. The summed E-state index contributed by atoms with van der Waals surface area (Å²) in [6.07, 6.45) is 1.38. The van der Waals surface area contributed by atoms with E-state index >= 15 is 0 Å². The summed E-state index contributed by atoms with van der Waals surface area (Å²) in [7, 11) is -4.11. The fraction of sp³-hybridized carbons (Fsp3) is 0.120. The van der Waals surface area contributed by atoms with Crippen molar-refractivity contribution in [2.45, 2.75) is 18.7 Å². The van der Waals surface area contributed by atoms with Gasteiger partial charge in [0.25, 0.3) is 5.91 Å². The van der Waals surface area contributed by atoms with E-state index in [0.717, 1.165) is 5.56 Å². The number of carbonyl (C=O) groups is 1. The minimum absolute atomic E-state index is 0.0101. The van der Waals surface area contributed by atoms with Crippen LogP contribution in [0.4, 0.5) is 5.69 Å². The van der Waals surface area contributed by atoms with E-state index in [9.17, 15) is 18.5 Å². The number of benzene rings is 3. The van der Waals surface area contributed by atoms with Gasteiger partial charge in [0.15, 0.2) is 11.5 Å². The maximum Gasteiger partial charge on any atom is 0.339 e. The summed E-state index contributed by atoms with van der Waals surface area (Å²) in [5.41, 5.74) is 1.70. The van der Waals surface area contributed by atoms with Gasteiger partial charge in [-0.3, -0.25) is 4.79 Å². The molecule has 0 radical (unpaired) electrons. The molecule has 3 rings (SSSR count). The highest BCUT2D eigenvalue weighted by atomic mass is 127. The van der Waals surface area contributed by atoms with Crippen molar-refractivity contribution in [3.63, 3.8) is 0 Å². The number of nitriles is 1. The van der Waals surface area contributed by atoms with E-state index < -0.39 is 16.0 Å². The quantitative estimate of drug-likeness (QED) is 0.144. The average molecular weight is 623 g/mol. The van der Waals surface area contributed by atoms with Crippen molar-refractivity contribution in [2.75, 3.05) is 11.9 Å². The minimum atomic E-state index is -4.11. The van der Waals surface area contributed by atoms with E-state index in [1.807, 2.05) is 35.6 Å². The van der Waals surface area contributed by atoms with Gasteiger partial charge in [-0.25, -0.2) is 0 Å². The average Bonchev–Trinajstić information content (AvgIpc) is 2.81. The predicted octanol–water partition coefficient (Wildman–Crippen LogP) is 5.97. The third kappa shape index (κ3) is 6.97. The lowest BCUT2D eigenvalue weighted by atomic mass is 10.1. The number of hydrogen-bond donors (Lipinski definition) is 1. The van der Waals surface area contributed by atoms with E-state index in [4.69, 9.17) is 20.5 Å². The molecule has 0 bridgehead atoms. The molecule has 0 aliphatic heterocycles.